The van der Waals surface area contributed by atoms with Crippen LogP contribution in [0.15, 0.2) is 103 Å². The van der Waals surface area contributed by atoms with Crippen molar-refractivity contribution in [3.8, 4) is 0 Å². The maximum Gasteiger partial charge on any atom is 0.272 e. The molecule has 0 aliphatic carbocycles. The van der Waals surface area contributed by atoms with Crippen molar-refractivity contribution in [1.29, 1.82) is 0 Å². The van der Waals surface area contributed by atoms with E-state index in [-0.39, 0.29) is 17.2 Å². The summed E-state index contributed by atoms with van der Waals surface area (Å²) in [7, 11) is 0. The first-order valence-electron chi connectivity index (χ1n) is 13.1. The van der Waals surface area contributed by atoms with E-state index in [9.17, 15) is 9.59 Å². The first-order chi connectivity index (χ1) is 18.7. The van der Waals surface area contributed by atoms with E-state index < -0.39 is 0 Å². The summed E-state index contributed by atoms with van der Waals surface area (Å²) in [6.45, 7) is 9.06. The molecule has 5 rings (SSSR count). The second kappa shape index (κ2) is 10.6. The van der Waals surface area contributed by atoms with Crippen LogP contribution in [0.2, 0.25) is 0 Å². The van der Waals surface area contributed by atoms with Crippen LogP contribution < -0.4 is 10.6 Å². The topological polar surface area (TPSA) is 63.1 Å². The van der Waals surface area contributed by atoms with E-state index >= 15 is 0 Å². The molecular weight excluding hydrogens is 482 g/mol. The van der Waals surface area contributed by atoms with Crippen LogP contribution in [0.4, 0.5) is 11.4 Å². The van der Waals surface area contributed by atoms with Crippen LogP contribution in [0.3, 0.4) is 0 Å². The third-order valence-electron chi connectivity index (χ3n) is 6.86. The van der Waals surface area contributed by atoms with E-state index in [0.29, 0.717) is 23.5 Å². The van der Waals surface area contributed by atoms with Gasteiger partial charge in [0.25, 0.3) is 11.8 Å². The third kappa shape index (κ3) is 5.93. The molecule has 5 heteroatoms. The maximum atomic E-state index is 13.4. The number of rotatable bonds is 6. The normalized spacial score (nSPS) is 11.4. The van der Waals surface area contributed by atoms with Gasteiger partial charge < -0.3 is 15.2 Å². The van der Waals surface area contributed by atoms with E-state index in [4.69, 9.17) is 0 Å². The smallest absolute Gasteiger partial charge is 0.272 e. The van der Waals surface area contributed by atoms with Gasteiger partial charge in [0.1, 0.15) is 5.69 Å². The highest BCUT2D eigenvalue weighted by atomic mass is 16.2. The Balaban J connectivity index is 1.46. The molecule has 0 saturated carbocycles. The predicted octanol–water partition coefficient (Wildman–Crippen LogP) is 7.80. The quantitative estimate of drug-likeness (QED) is 0.242. The molecule has 0 atom stereocenters. The fourth-order valence-corrected chi connectivity index (χ4v) is 4.74. The Morgan fingerprint density at radius 3 is 2.13 bits per heavy atom. The van der Waals surface area contributed by atoms with Gasteiger partial charge >= 0.3 is 0 Å². The fraction of sp³-hybridized carbons (Fsp3) is 0.176. The number of amides is 2. The second-order valence-electron chi connectivity index (χ2n) is 11.0. The number of fused-ring (bicyclic) bond motifs is 1. The van der Waals surface area contributed by atoms with Crippen LogP contribution in [0.1, 0.15) is 58.3 Å². The van der Waals surface area contributed by atoms with Crippen molar-refractivity contribution in [2.24, 2.45) is 0 Å². The molecule has 39 heavy (non-hydrogen) atoms. The van der Waals surface area contributed by atoms with Gasteiger partial charge in [0, 0.05) is 34.4 Å². The summed E-state index contributed by atoms with van der Waals surface area (Å²) in [6.07, 6.45) is 0. The van der Waals surface area contributed by atoms with Crippen molar-refractivity contribution in [1.82, 2.24) is 4.57 Å². The van der Waals surface area contributed by atoms with Gasteiger partial charge in [0.15, 0.2) is 0 Å². The SMILES string of the molecule is Cc1cccc(Cn2c(C(=O)Nc3ccccc3)cc3cc(NC(=O)c4ccc(C(C)(C)C)cc4)ccc32)c1. The van der Waals surface area contributed by atoms with Gasteiger partial charge in [-0.15, -0.1) is 0 Å². The first kappa shape index (κ1) is 26.0. The van der Waals surface area contributed by atoms with Gasteiger partial charge in [-0.25, -0.2) is 0 Å². The molecule has 2 amide bonds. The van der Waals surface area contributed by atoms with Crippen LogP contribution >= 0.6 is 0 Å². The van der Waals surface area contributed by atoms with E-state index in [0.717, 1.165) is 22.2 Å². The lowest BCUT2D eigenvalue weighted by Crippen LogP contribution is -2.17. The summed E-state index contributed by atoms with van der Waals surface area (Å²) < 4.78 is 2.03. The zero-order valence-electron chi connectivity index (χ0n) is 22.8. The predicted molar refractivity (Wildman–Crippen MR) is 160 cm³/mol. The number of para-hydroxylation sites is 1. The number of carbonyl (C=O) groups excluding carboxylic acids is 2. The zero-order chi connectivity index (χ0) is 27.6. The average Bonchev–Trinajstić information content (AvgIpc) is 3.26. The molecule has 1 heterocycles. The molecular formula is C34H33N3O2. The zero-order valence-corrected chi connectivity index (χ0v) is 22.8. The van der Waals surface area contributed by atoms with Crippen molar-refractivity contribution in [2.45, 2.75) is 39.7 Å². The highest BCUT2D eigenvalue weighted by Gasteiger charge is 2.18. The first-order valence-corrected chi connectivity index (χ1v) is 13.1. The molecule has 0 bridgehead atoms. The largest absolute Gasteiger partial charge is 0.332 e. The summed E-state index contributed by atoms with van der Waals surface area (Å²) in [5, 5.41) is 6.90. The number of aromatic nitrogens is 1. The van der Waals surface area contributed by atoms with Crippen LogP contribution in [0.5, 0.6) is 0 Å². The Bertz CT molecular complexity index is 1640. The van der Waals surface area contributed by atoms with Crippen molar-refractivity contribution < 1.29 is 9.59 Å². The Hall–Kier alpha value is -4.64. The highest BCUT2D eigenvalue weighted by molar-refractivity contribution is 6.08. The minimum absolute atomic E-state index is 0.0240. The molecule has 0 aliphatic rings. The number of hydrogen-bond donors (Lipinski definition) is 2. The van der Waals surface area contributed by atoms with Gasteiger partial charge in [0.2, 0.25) is 0 Å². The number of nitrogens with zero attached hydrogens (tertiary/aromatic N) is 1. The average molecular weight is 516 g/mol. The molecule has 5 nitrogen and oxygen atoms in total. The molecule has 0 spiro atoms. The van der Waals surface area contributed by atoms with Crippen LogP contribution in [0, 0.1) is 6.92 Å². The van der Waals surface area contributed by atoms with E-state index in [2.05, 4.69) is 56.5 Å². The fourth-order valence-electron chi connectivity index (χ4n) is 4.74. The number of benzene rings is 4. The van der Waals surface area contributed by atoms with Crippen molar-refractivity contribution in [2.75, 3.05) is 10.6 Å². The summed E-state index contributed by atoms with van der Waals surface area (Å²) in [5.41, 5.74) is 6.96. The van der Waals surface area contributed by atoms with Crippen LogP contribution in [0.25, 0.3) is 10.9 Å². The van der Waals surface area contributed by atoms with E-state index in [1.54, 1.807) is 0 Å². The van der Waals surface area contributed by atoms with E-state index in [1.807, 2.05) is 89.5 Å². The van der Waals surface area contributed by atoms with Crippen LogP contribution in [-0.4, -0.2) is 16.4 Å². The highest BCUT2D eigenvalue weighted by Crippen LogP contribution is 2.27. The summed E-state index contributed by atoms with van der Waals surface area (Å²) >= 11 is 0. The Kier molecular flexibility index (Phi) is 7.07. The van der Waals surface area contributed by atoms with Crippen LogP contribution in [-0.2, 0) is 12.0 Å². The molecule has 1 aromatic heterocycles. The van der Waals surface area contributed by atoms with Gasteiger partial charge in [0.05, 0.1) is 0 Å². The van der Waals surface area contributed by atoms with Gasteiger partial charge in [-0.05, 0) is 72.0 Å². The van der Waals surface area contributed by atoms with Gasteiger partial charge in [-0.2, -0.15) is 0 Å². The molecule has 5 aromatic rings. The van der Waals surface area contributed by atoms with Crippen molar-refractivity contribution in [3.63, 3.8) is 0 Å². The molecule has 4 aromatic carbocycles. The minimum Gasteiger partial charge on any atom is -0.332 e. The maximum absolute atomic E-state index is 13.4. The Morgan fingerprint density at radius 2 is 1.44 bits per heavy atom. The van der Waals surface area contributed by atoms with Gasteiger partial charge in [-0.1, -0.05) is 80.9 Å². The minimum atomic E-state index is -0.186. The lowest BCUT2D eigenvalue weighted by molar-refractivity contribution is 0.101. The van der Waals surface area contributed by atoms with Crippen molar-refractivity contribution in [3.05, 3.63) is 131 Å². The Morgan fingerprint density at radius 1 is 0.718 bits per heavy atom. The lowest BCUT2D eigenvalue weighted by Gasteiger charge is -2.19. The number of nitrogens with one attached hydrogen (secondary N) is 2. The number of hydrogen-bond acceptors (Lipinski definition) is 2. The summed E-state index contributed by atoms with van der Waals surface area (Å²) in [5.74, 6) is -0.356. The number of carbonyl (C=O) groups is 2. The molecule has 0 unspecified atom stereocenters. The lowest BCUT2D eigenvalue weighted by atomic mass is 9.87. The standard InChI is InChI=1S/C34H33N3O2/c1-23-9-8-10-24(19-23)22-37-30-18-17-29(36-32(38)25-13-15-27(16-14-25)34(2,3)4)20-26(30)21-31(37)33(39)35-28-11-6-5-7-12-28/h5-21H,22H2,1-4H3,(H,35,39)(H,36,38). The Labute approximate surface area is 229 Å². The summed E-state index contributed by atoms with van der Waals surface area (Å²) in [6, 6.07) is 33.1. The molecule has 0 radical (unpaired) electrons. The number of aryl methyl sites for hydroxylation is 1. The molecule has 0 saturated heterocycles. The second-order valence-corrected chi connectivity index (χ2v) is 11.0. The molecule has 0 fully saturated rings. The molecule has 196 valence electrons. The monoisotopic (exact) mass is 515 g/mol. The van der Waals surface area contributed by atoms with Gasteiger partial charge in [-0.3, -0.25) is 9.59 Å². The van der Waals surface area contributed by atoms with E-state index in [1.165, 1.54) is 11.1 Å². The molecule has 0 aliphatic heterocycles. The molecule has 2 N–H and O–H groups in total. The summed E-state index contributed by atoms with van der Waals surface area (Å²) in [4.78, 5) is 26.4. The number of anilines is 2. The van der Waals surface area contributed by atoms with Crippen molar-refractivity contribution >= 4 is 34.1 Å². The third-order valence-corrected chi connectivity index (χ3v) is 6.86.